The summed E-state index contributed by atoms with van der Waals surface area (Å²) in [4.78, 5) is 17.1. The van der Waals surface area contributed by atoms with Gasteiger partial charge in [0, 0.05) is 19.3 Å². The largest absolute Gasteiger partial charge is 0.387 e. The first-order chi connectivity index (χ1) is 16.8. The SMILES string of the molecule is COC[C@@]1(O)CC[C@H]2[C@H](CC[C@@H]3[C@@H]2CC[C@]2(C)C([C@@H](C)NC(=O)c4ccc(C#N)cn4)CC[C@@H]32)C1. The van der Waals surface area contributed by atoms with Crippen LogP contribution in [0.5, 0.6) is 0 Å². The number of methoxy groups -OCH3 is 1. The van der Waals surface area contributed by atoms with E-state index in [9.17, 15) is 9.90 Å². The van der Waals surface area contributed by atoms with Gasteiger partial charge in [-0.3, -0.25) is 4.79 Å². The lowest BCUT2D eigenvalue weighted by Crippen LogP contribution is -2.53. The molecule has 35 heavy (non-hydrogen) atoms. The van der Waals surface area contributed by atoms with Crippen molar-refractivity contribution in [3.05, 3.63) is 29.6 Å². The number of fused-ring (bicyclic) bond motifs is 5. The van der Waals surface area contributed by atoms with E-state index >= 15 is 0 Å². The molecule has 0 bridgehead atoms. The maximum Gasteiger partial charge on any atom is 0.270 e. The van der Waals surface area contributed by atoms with Crippen LogP contribution in [0.1, 0.15) is 87.7 Å². The molecule has 4 saturated carbocycles. The molecule has 0 saturated heterocycles. The van der Waals surface area contributed by atoms with E-state index in [-0.39, 0.29) is 17.4 Å². The maximum absolute atomic E-state index is 12.9. The zero-order valence-corrected chi connectivity index (χ0v) is 21.5. The molecule has 2 N–H and O–H groups in total. The van der Waals surface area contributed by atoms with E-state index in [0.717, 1.165) is 42.9 Å². The molecule has 1 aromatic heterocycles. The third kappa shape index (κ3) is 4.40. The average Bonchev–Trinajstić information content (AvgIpc) is 3.21. The number of amides is 1. The van der Waals surface area contributed by atoms with E-state index in [2.05, 4.69) is 30.2 Å². The van der Waals surface area contributed by atoms with Gasteiger partial charge in [0.05, 0.1) is 17.8 Å². The van der Waals surface area contributed by atoms with Crippen LogP contribution >= 0.6 is 0 Å². The number of carbonyl (C=O) groups is 1. The summed E-state index contributed by atoms with van der Waals surface area (Å²) < 4.78 is 5.34. The number of hydrogen-bond donors (Lipinski definition) is 2. The Morgan fingerprint density at radius 1 is 1.20 bits per heavy atom. The van der Waals surface area contributed by atoms with Crippen molar-refractivity contribution in [3.8, 4) is 6.07 Å². The van der Waals surface area contributed by atoms with Gasteiger partial charge >= 0.3 is 0 Å². The summed E-state index contributed by atoms with van der Waals surface area (Å²) >= 11 is 0. The number of nitriles is 1. The minimum atomic E-state index is -0.623. The molecule has 0 aliphatic heterocycles. The molecule has 1 amide bonds. The Hall–Kier alpha value is -1.97. The van der Waals surface area contributed by atoms with E-state index in [1.165, 1.54) is 44.7 Å². The molecule has 1 aromatic rings. The predicted molar refractivity (Wildman–Crippen MR) is 133 cm³/mol. The van der Waals surface area contributed by atoms with Crippen LogP contribution in [0.15, 0.2) is 18.3 Å². The summed E-state index contributed by atoms with van der Waals surface area (Å²) in [5, 5.41) is 23.2. The molecule has 5 rings (SSSR count). The summed E-state index contributed by atoms with van der Waals surface area (Å²) in [6.45, 7) is 5.13. The van der Waals surface area contributed by atoms with Crippen LogP contribution in [-0.2, 0) is 4.74 Å². The first kappa shape index (κ1) is 24.7. The molecule has 9 atom stereocenters. The van der Waals surface area contributed by atoms with E-state index in [4.69, 9.17) is 10.00 Å². The standard InChI is InChI=1S/C29H41N3O3/c1-18(32-27(33)26-9-4-19(15-30)16-31-26)24-7-8-25-23-6-5-20-14-29(34,17-35-3)13-11-21(20)22(23)10-12-28(24,25)2/h4,9,16,18,20-25,34H,5-8,10-14,17H2,1-3H3,(H,32,33)/t18-,20-,21+,22-,23-,24?,25+,28-,29-/m1/s1. The molecule has 4 aliphatic rings. The van der Waals surface area contributed by atoms with Gasteiger partial charge in [-0.15, -0.1) is 0 Å². The Kier molecular flexibility index (Phi) is 6.70. The highest BCUT2D eigenvalue weighted by Crippen LogP contribution is 2.65. The highest BCUT2D eigenvalue weighted by molar-refractivity contribution is 5.92. The number of nitrogens with one attached hydrogen (secondary N) is 1. The number of rotatable bonds is 5. The quantitative estimate of drug-likeness (QED) is 0.637. The predicted octanol–water partition coefficient (Wildman–Crippen LogP) is 4.72. The monoisotopic (exact) mass is 479 g/mol. The van der Waals surface area contributed by atoms with Crippen LogP contribution in [0.2, 0.25) is 0 Å². The van der Waals surface area contributed by atoms with E-state index in [0.29, 0.717) is 29.7 Å². The van der Waals surface area contributed by atoms with E-state index in [1.807, 2.05) is 0 Å². The molecular weight excluding hydrogens is 438 g/mol. The van der Waals surface area contributed by atoms with Crippen molar-refractivity contribution in [3.63, 3.8) is 0 Å². The van der Waals surface area contributed by atoms with Gasteiger partial charge in [0.25, 0.3) is 5.91 Å². The highest BCUT2D eigenvalue weighted by Gasteiger charge is 2.58. The van der Waals surface area contributed by atoms with Gasteiger partial charge in [0.2, 0.25) is 0 Å². The smallest absolute Gasteiger partial charge is 0.270 e. The Balaban J connectivity index is 1.25. The fraction of sp³-hybridized carbons (Fsp3) is 0.759. The zero-order valence-electron chi connectivity index (χ0n) is 21.5. The molecular formula is C29H41N3O3. The Bertz CT molecular complexity index is 974. The second-order valence-electron chi connectivity index (χ2n) is 12.4. The van der Waals surface area contributed by atoms with Crippen molar-refractivity contribution in [1.29, 1.82) is 5.26 Å². The van der Waals surface area contributed by atoms with Crippen molar-refractivity contribution >= 4 is 5.91 Å². The van der Waals surface area contributed by atoms with Crippen molar-refractivity contribution in [2.45, 2.75) is 83.3 Å². The summed E-state index contributed by atoms with van der Waals surface area (Å²) in [7, 11) is 1.70. The lowest BCUT2D eigenvalue weighted by atomic mass is 9.48. The lowest BCUT2D eigenvalue weighted by molar-refractivity contribution is -0.125. The second kappa shape index (κ2) is 9.48. The fourth-order valence-electron chi connectivity index (χ4n) is 9.20. The summed E-state index contributed by atoms with van der Waals surface area (Å²) in [5.74, 6) is 4.06. The minimum absolute atomic E-state index is 0.0987. The molecule has 0 radical (unpaired) electrons. The van der Waals surface area contributed by atoms with Crippen LogP contribution in [0.3, 0.4) is 0 Å². The molecule has 190 valence electrons. The summed E-state index contributed by atoms with van der Waals surface area (Å²) in [6, 6.07) is 5.44. The summed E-state index contributed by atoms with van der Waals surface area (Å²) in [5.41, 5.74) is 0.489. The van der Waals surface area contributed by atoms with Gasteiger partial charge in [0.1, 0.15) is 11.8 Å². The highest BCUT2D eigenvalue weighted by atomic mass is 16.5. The Morgan fingerprint density at radius 3 is 2.71 bits per heavy atom. The van der Waals surface area contributed by atoms with Crippen LogP contribution in [-0.4, -0.2) is 41.4 Å². The Labute approximate surface area is 209 Å². The van der Waals surface area contributed by atoms with Crippen LogP contribution in [0.4, 0.5) is 0 Å². The lowest BCUT2D eigenvalue weighted by Gasteiger charge is -2.57. The van der Waals surface area contributed by atoms with Crippen molar-refractivity contribution < 1.29 is 14.6 Å². The van der Waals surface area contributed by atoms with Crippen LogP contribution in [0.25, 0.3) is 0 Å². The number of carbonyl (C=O) groups excluding carboxylic acids is 1. The van der Waals surface area contributed by atoms with Crippen LogP contribution in [0, 0.1) is 52.3 Å². The summed E-state index contributed by atoms with van der Waals surface area (Å²) in [6.07, 6.45) is 11.9. The van der Waals surface area contributed by atoms with Gasteiger partial charge in [-0.1, -0.05) is 6.92 Å². The first-order valence-corrected chi connectivity index (χ1v) is 13.7. The second-order valence-corrected chi connectivity index (χ2v) is 12.4. The molecule has 0 spiro atoms. The van der Waals surface area contributed by atoms with E-state index < -0.39 is 5.60 Å². The van der Waals surface area contributed by atoms with Crippen molar-refractivity contribution in [1.82, 2.24) is 10.3 Å². The number of aliphatic hydroxyl groups is 1. The van der Waals surface area contributed by atoms with Gasteiger partial charge in [-0.05, 0) is 118 Å². The number of aromatic nitrogens is 1. The molecule has 1 heterocycles. The Morgan fingerprint density at radius 2 is 2.00 bits per heavy atom. The molecule has 0 aromatic carbocycles. The minimum Gasteiger partial charge on any atom is -0.387 e. The molecule has 6 heteroatoms. The number of pyridine rings is 1. The van der Waals surface area contributed by atoms with Crippen molar-refractivity contribution in [2.24, 2.45) is 40.9 Å². The fourth-order valence-corrected chi connectivity index (χ4v) is 9.20. The number of ether oxygens (including phenoxy) is 1. The number of hydrogen-bond acceptors (Lipinski definition) is 5. The van der Waals surface area contributed by atoms with Gasteiger partial charge in [-0.25, -0.2) is 4.98 Å². The topological polar surface area (TPSA) is 95.2 Å². The van der Waals surface area contributed by atoms with Gasteiger partial charge < -0.3 is 15.2 Å². The number of nitrogens with zero attached hydrogens (tertiary/aromatic N) is 2. The normalized spacial score (nSPS) is 41.1. The maximum atomic E-state index is 12.9. The third-order valence-corrected chi connectivity index (χ3v) is 10.7. The third-order valence-electron chi connectivity index (χ3n) is 10.7. The van der Waals surface area contributed by atoms with E-state index in [1.54, 1.807) is 19.2 Å². The molecule has 4 fully saturated rings. The molecule has 4 aliphatic carbocycles. The van der Waals surface area contributed by atoms with Crippen LogP contribution < -0.4 is 5.32 Å². The van der Waals surface area contributed by atoms with Crippen molar-refractivity contribution in [2.75, 3.05) is 13.7 Å². The molecule has 6 nitrogen and oxygen atoms in total. The average molecular weight is 480 g/mol. The van der Waals surface area contributed by atoms with Gasteiger partial charge in [0.15, 0.2) is 0 Å². The first-order valence-electron chi connectivity index (χ1n) is 13.7. The van der Waals surface area contributed by atoms with Gasteiger partial charge in [-0.2, -0.15) is 5.26 Å². The molecule has 1 unspecified atom stereocenters. The zero-order chi connectivity index (χ0) is 24.8.